The number of primary amides is 1. The Morgan fingerprint density at radius 1 is 1.50 bits per heavy atom. The molecule has 0 saturated heterocycles. The number of halogens is 1. The minimum absolute atomic E-state index is 0.00180. The molecule has 0 saturated carbocycles. The van der Waals surface area contributed by atoms with Crippen LogP contribution in [0.1, 0.15) is 19.4 Å². The van der Waals surface area contributed by atoms with E-state index in [4.69, 9.17) is 5.73 Å². The molecule has 0 spiro atoms. The van der Waals surface area contributed by atoms with Crippen LogP contribution in [0.3, 0.4) is 0 Å². The van der Waals surface area contributed by atoms with Gasteiger partial charge >= 0.3 is 0 Å². The first kappa shape index (κ1) is 14.6. The SMILES string of the molecule is CC(C)(NCc1cc(Br)cc([N+](=O)[O-])c1)C(N)=O. The van der Waals surface area contributed by atoms with E-state index in [9.17, 15) is 14.9 Å². The summed E-state index contributed by atoms with van der Waals surface area (Å²) in [7, 11) is 0. The van der Waals surface area contributed by atoms with Crippen LogP contribution in [-0.4, -0.2) is 16.4 Å². The standard InChI is InChI=1S/C11H14BrN3O3/c1-11(2,10(13)16)14-6-7-3-8(12)5-9(4-7)15(17)18/h3-5,14H,6H2,1-2H3,(H2,13,16). The van der Waals surface area contributed by atoms with Gasteiger partial charge in [-0.1, -0.05) is 15.9 Å². The summed E-state index contributed by atoms with van der Waals surface area (Å²) in [5.41, 5.74) is 5.06. The number of nitrogens with two attached hydrogens (primary N) is 1. The second-order valence-electron chi connectivity index (χ2n) is 4.42. The largest absolute Gasteiger partial charge is 0.368 e. The number of nitrogens with one attached hydrogen (secondary N) is 1. The van der Waals surface area contributed by atoms with Gasteiger partial charge in [-0.15, -0.1) is 0 Å². The van der Waals surface area contributed by atoms with E-state index in [0.717, 1.165) is 0 Å². The Morgan fingerprint density at radius 3 is 2.61 bits per heavy atom. The molecule has 1 aromatic rings. The summed E-state index contributed by atoms with van der Waals surface area (Å²) in [4.78, 5) is 21.4. The first-order chi connectivity index (χ1) is 8.22. The molecule has 0 aliphatic heterocycles. The minimum atomic E-state index is -0.864. The van der Waals surface area contributed by atoms with E-state index in [1.54, 1.807) is 19.9 Å². The van der Waals surface area contributed by atoms with Gasteiger partial charge in [0.25, 0.3) is 5.69 Å². The first-order valence-corrected chi connectivity index (χ1v) is 6.00. The van der Waals surface area contributed by atoms with Gasteiger partial charge in [-0.25, -0.2) is 0 Å². The highest BCUT2D eigenvalue weighted by Gasteiger charge is 2.23. The van der Waals surface area contributed by atoms with Crippen LogP contribution in [0, 0.1) is 10.1 Å². The summed E-state index contributed by atoms with van der Waals surface area (Å²) in [6.07, 6.45) is 0. The normalized spacial score (nSPS) is 11.3. The van der Waals surface area contributed by atoms with Crippen molar-refractivity contribution >= 4 is 27.5 Å². The van der Waals surface area contributed by atoms with Crippen LogP contribution in [-0.2, 0) is 11.3 Å². The number of hydrogen-bond acceptors (Lipinski definition) is 4. The highest BCUT2D eigenvalue weighted by atomic mass is 79.9. The predicted molar refractivity (Wildman–Crippen MR) is 70.9 cm³/mol. The smallest absolute Gasteiger partial charge is 0.270 e. The lowest BCUT2D eigenvalue weighted by molar-refractivity contribution is -0.385. The molecule has 0 aliphatic carbocycles. The van der Waals surface area contributed by atoms with E-state index in [0.29, 0.717) is 16.6 Å². The number of carbonyl (C=O) groups is 1. The summed E-state index contributed by atoms with van der Waals surface area (Å²) < 4.78 is 0.616. The average Bonchev–Trinajstić information content (AvgIpc) is 2.25. The highest BCUT2D eigenvalue weighted by Crippen LogP contribution is 2.21. The third-order valence-corrected chi connectivity index (χ3v) is 2.96. The number of rotatable bonds is 5. The molecule has 1 aromatic carbocycles. The summed E-state index contributed by atoms with van der Waals surface area (Å²) in [5.74, 6) is -0.480. The number of carbonyl (C=O) groups excluding carboxylic acids is 1. The van der Waals surface area contributed by atoms with Crippen LogP contribution >= 0.6 is 15.9 Å². The van der Waals surface area contributed by atoms with E-state index in [2.05, 4.69) is 21.2 Å². The molecule has 0 aromatic heterocycles. The van der Waals surface area contributed by atoms with Crippen LogP contribution in [0.2, 0.25) is 0 Å². The van der Waals surface area contributed by atoms with E-state index < -0.39 is 16.4 Å². The van der Waals surface area contributed by atoms with Crippen molar-refractivity contribution in [2.45, 2.75) is 25.9 Å². The van der Waals surface area contributed by atoms with Crippen molar-refractivity contribution in [2.75, 3.05) is 0 Å². The topological polar surface area (TPSA) is 98.3 Å². The third-order valence-electron chi connectivity index (χ3n) is 2.50. The van der Waals surface area contributed by atoms with E-state index in [-0.39, 0.29) is 5.69 Å². The molecule has 0 radical (unpaired) electrons. The number of non-ortho nitro benzene ring substituents is 1. The molecular formula is C11H14BrN3O3. The lowest BCUT2D eigenvalue weighted by atomic mass is 10.0. The molecule has 3 N–H and O–H groups in total. The number of benzene rings is 1. The second-order valence-corrected chi connectivity index (χ2v) is 5.33. The second kappa shape index (κ2) is 5.45. The first-order valence-electron chi connectivity index (χ1n) is 5.21. The Kier molecular flexibility index (Phi) is 4.42. The van der Waals surface area contributed by atoms with Crippen molar-refractivity contribution in [1.29, 1.82) is 0 Å². The van der Waals surface area contributed by atoms with Crippen molar-refractivity contribution in [3.63, 3.8) is 0 Å². The van der Waals surface area contributed by atoms with Crippen molar-refractivity contribution < 1.29 is 9.72 Å². The fourth-order valence-corrected chi connectivity index (χ4v) is 1.78. The zero-order valence-corrected chi connectivity index (χ0v) is 11.7. The molecule has 1 rings (SSSR count). The molecule has 0 aliphatic rings. The summed E-state index contributed by atoms with van der Waals surface area (Å²) in [6, 6.07) is 4.62. The van der Waals surface area contributed by atoms with Crippen molar-refractivity contribution in [3.05, 3.63) is 38.3 Å². The van der Waals surface area contributed by atoms with Crippen LogP contribution in [0.25, 0.3) is 0 Å². The van der Waals surface area contributed by atoms with E-state index >= 15 is 0 Å². The Hall–Kier alpha value is -1.47. The molecule has 0 unspecified atom stereocenters. The van der Waals surface area contributed by atoms with E-state index in [1.807, 2.05) is 0 Å². The molecule has 7 heteroatoms. The minimum Gasteiger partial charge on any atom is -0.368 e. The zero-order chi connectivity index (χ0) is 13.9. The summed E-state index contributed by atoms with van der Waals surface area (Å²) in [5, 5.41) is 13.7. The van der Waals surface area contributed by atoms with Gasteiger partial charge in [0.2, 0.25) is 5.91 Å². The average molecular weight is 316 g/mol. The van der Waals surface area contributed by atoms with Gasteiger partial charge in [0.1, 0.15) is 0 Å². The molecule has 6 nitrogen and oxygen atoms in total. The van der Waals surface area contributed by atoms with Gasteiger partial charge in [-0.05, 0) is 25.5 Å². The predicted octanol–water partition coefficient (Wildman–Crippen LogP) is 1.71. The zero-order valence-electron chi connectivity index (χ0n) is 10.1. The van der Waals surface area contributed by atoms with Crippen LogP contribution in [0.5, 0.6) is 0 Å². The fraction of sp³-hybridized carbons (Fsp3) is 0.364. The Balaban J connectivity index is 2.86. The molecule has 0 bridgehead atoms. The molecule has 0 atom stereocenters. The van der Waals surface area contributed by atoms with Crippen LogP contribution < -0.4 is 11.1 Å². The monoisotopic (exact) mass is 315 g/mol. The summed E-state index contributed by atoms with van der Waals surface area (Å²) >= 11 is 3.21. The van der Waals surface area contributed by atoms with Crippen LogP contribution in [0.15, 0.2) is 22.7 Å². The van der Waals surface area contributed by atoms with Crippen molar-refractivity contribution in [1.82, 2.24) is 5.32 Å². The Labute approximate surface area is 113 Å². The fourth-order valence-electron chi connectivity index (χ4n) is 1.25. The van der Waals surface area contributed by atoms with Gasteiger partial charge in [-0.3, -0.25) is 20.2 Å². The highest BCUT2D eigenvalue weighted by molar-refractivity contribution is 9.10. The maximum absolute atomic E-state index is 11.1. The Morgan fingerprint density at radius 2 is 2.11 bits per heavy atom. The Bertz CT molecular complexity index is 488. The van der Waals surface area contributed by atoms with Gasteiger partial charge < -0.3 is 5.73 Å². The molecule has 98 valence electrons. The maximum atomic E-state index is 11.1. The lowest BCUT2D eigenvalue weighted by Crippen LogP contribution is -2.50. The third kappa shape index (κ3) is 3.78. The van der Waals surface area contributed by atoms with Crippen LogP contribution in [0.4, 0.5) is 5.69 Å². The van der Waals surface area contributed by atoms with Crippen molar-refractivity contribution in [2.24, 2.45) is 5.73 Å². The number of nitro benzene ring substituents is 1. The van der Waals surface area contributed by atoms with Gasteiger partial charge in [-0.2, -0.15) is 0 Å². The van der Waals surface area contributed by atoms with Gasteiger partial charge in [0.15, 0.2) is 0 Å². The van der Waals surface area contributed by atoms with E-state index in [1.165, 1.54) is 12.1 Å². The van der Waals surface area contributed by atoms with Gasteiger partial charge in [0.05, 0.1) is 10.5 Å². The molecule has 0 heterocycles. The number of nitro groups is 1. The quantitative estimate of drug-likeness (QED) is 0.638. The maximum Gasteiger partial charge on any atom is 0.270 e. The van der Waals surface area contributed by atoms with Gasteiger partial charge in [0, 0.05) is 23.2 Å². The lowest BCUT2D eigenvalue weighted by Gasteiger charge is -2.22. The van der Waals surface area contributed by atoms with Crippen molar-refractivity contribution in [3.8, 4) is 0 Å². The molecular weight excluding hydrogens is 302 g/mol. The molecule has 1 amide bonds. The molecule has 0 fully saturated rings. The summed E-state index contributed by atoms with van der Waals surface area (Å²) in [6.45, 7) is 3.62. The number of amides is 1. The number of nitrogens with zero attached hydrogens (tertiary/aromatic N) is 1. The molecule has 18 heavy (non-hydrogen) atoms. The number of hydrogen-bond donors (Lipinski definition) is 2.